The van der Waals surface area contributed by atoms with Gasteiger partial charge in [0.2, 0.25) is 0 Å². The summed E-state index contributed by atoms with van der Waals surface area (Å²) in [6.45, 7) is 5.36. The van der Waals surface area contributed by atoms with Crippen molar-refractivity contribution in [3.05, 3.63) is 63.1 Å². The highest BCUT2D eigenvalue weighted by atomic mass is 32.1. The topological polar surface area (TPSA) is 50.2 Å². The number of hydrogen-bond donors (Lipinski definition) is 1. The van der Waals surface area contributed by atoms with Crippen molar-refractivity contribution < 1.29 is 4.79 Å². The van der Waals surface area contributed by atoms with Gasteiger partial charge >= 0.3 is 0 Å². The monoisotopic (exact) mass is 311 g/mol. The third-order valence-corrected chi connectivity index (χ3v) is 4.27. The van der Waals surface area contributed by atoms with E-state index in [0.29, 0.717) is 15.9 Å². The Morgan fingerprint density at radius 3 is 2.59 bits per heavy atom. The van der Waals surface area contributed by atoms with Crippen LogP contribution in [-0.4, -0.2) is 20.4 Å². The summed E-state index contributed by atoms with van der Waals surface area (Å²) < 4.78 is 2.43. The van der Waals surface area contributed by atoms with E-state index in [2.05, 4.69) is 22.2 Å². The molecule has 5 heteroatoms. The van der Waals surface area contributed by atoms with E-state index in [1.807, 2.05) is 32.0 Å². The Labute approximate surface area is 133 Å². The van der Waals surface area contributed by atoms with Crippen molar-refractivity contribution in [1.82, 2.24) is 14.6 Å². The number of hydrogen-bond acceptors (Lipinski definition) is 3. The molecule has 0 unspecified atom stereocenters. The first kappa shape index (κ1) is 14.7. The Hall–Kier alpha value is -2.27. The summed E-state index contributed by atoms with van der Waals surface area (Å²) in [5.41, 5.74) is 5.09. The summed E-state index contributed by atoms with van der Waals surface area (Å²) in [4.78, 5) is 16.5. The van der Waals surface area contributed by atoms with Crippen LogP contribution in [0.2, 0.25) is 0 Å². The van der Waals surface area contributed by atoms with E-state index >= 15 is 0 Å². The number of nitrogens with one attached hydrogen (secondary N) is 1. The molecule has 0 spiro atoms. The number of carbonyl (C=O) groups excluding carboxylic acids is 1. The van der Waals surface area contributed by atoms with Crippen LogP contribution < -0.4 is 0 Å². The molecule has 0 bridgehead atoms. The van der Waals surface area contributed by atoms with Gasteiger partial charge in [0.05, 0.1) is 5.56 Å². The lowest BCUT2D eigenvalue weighted by Crippen LogP contribution is -2.04. The van der Waals surface area contributed by atoms with Crippen molar-refractivity contribution in [3.63, 3.8) is 0 Å². The fourth-order valence-electron chi connectivity index (χ4n) is 2.75. The average molecular weight is 311 g/mol. The third-order valence-electron chi connectivity index (χ3n) is 3.84. The predicted octanol–water partition coefficient (Wildman–Crippen LogP) is 3.80. The van der Waals surface area contributed by atoms with Crippen LogP contribution in [-0.2, 0) is 6.42 Å². The van der Waals surface area contributed by atoms with Crippen LogP contribution in [0.1, 0.15) is 39.8 Å². The Bertz CT molecular complexity index is 922. The van der Waals surface area contributed by atoms with Crippen LogP contribution in [0.3, 0.4) is 0 Å². The normalized spacial score (nSPS) is 11.0. The minimum atomic E-state index is -0.00615. The van der Waals surface area contributed by atoms with Crippen LogP contribution in [0.4, 0.5) is 0 Å². The molecule has 3 rings (SSSR count). The third kappa shape index (κ3) is 2.37. The van der Waals surface area contributed by atoms with Crippen LogP contribution in [0, 0.1) is 18.5 Å². The van der Waals surface area contributed by atoms with E-state index in [0.717, 1.165) is 23.4 Å². The molecule has 112 valence electrons. The summed E-state index contributed by atoms with van der Waals surface area (Å²) in [5.74, 6) is -0.00615. The summed E-state index contributed by atoms with van der Waals surface area (Å²) in [6.07, 6.45) is 0.731. The zero-order valence-corrected chi connectivity index (χ0v) is 13.6. The second-order valence-electron chi connectivity index (χ2n) is 5.47. The number of fused-ring (bicyclic) bond motifs is 1. The maximum atomic E-state index is 11.8. The number of aromatic amines is 1. The summed E-state index contributed by atoms with van der Waals surface area (Å²) >= 11 is 5.62. The Morgan fingerprint density at radius 2 is 1.95 bits per heavy atom. The van der Waals surface area contributed by atoms with Gasteiger partial charge in [-0.1, -0.05) is 42.5 Å². The van der Waals surface area contributed by atoms with Crippen molar-refractivity contribution in [2.24, 2.45) is 0 Å². The number of H-pyrrole nitrogens is 1. The number of ketones is 1. The van der Waals surface area contributed by atoms with Crippen molar-refractivity contribution >= 4 is 23.6 Å². The number of nitrogens with zero attached hydrogens (tertiary/aromatic N) is 2. The first-order chi connectivity index (χ1) is 10.5. The van der Waals surface area contributed by atoms with Crippen molar-refractivity contribution in [2.45, 2.75) is 27.2 Å². The molecule has 0 fully saturated rings. The number of rotatable bonds is 3. The Morgan fingerprint density at radius 1 is 1.27 bits per heavy atom. The van der Waals surface area contributed by atoms with Crippen LogP contribution >= 0.6 is 12.2 Å². The SMILES string of the molecule is CC(=O)c1c(C)[nH]n2c(=S)c(Cc3ccccc3)c(C)nc12. The fraction of sp³-hybridized carbons (Fsp3) is 0.235. The maximum absolute atomic E-state index is 11.8. The van der Waals surface area contributed by atoms with Gasteiger partial charge in [0.15, 0.2) is 11.4 Å². The van der Waals surface area contributed by atoms with Crippen LogP contribution in [0.25, 0.3) is 5.65 Å². The molecular formula is C17H17N3OS. The highest BCUT2D eigenvalue weighted by Crippen LogP contribution is 2.20. The second kappa shape index (κ2) is 5.50. The molecule has 0 saturated carbocycles. The van der Waals surface area contributed by atoms with Gasteiger partial charge in [-0.05, 0) is 26.3 Å². The maximum Gasteiger partial charge on any atom is 0.165 e. The molecule has 0 amide bonds. The fourth-order valence-corrected chi connectivity index (χ4v) is 3.10. The molecule has 0 atom stereocenters. The average Bonchev–Trinajstić information content (AvgIpc) is 2.81. The van der Waals surface area contributed by atoms with Gasteiger partial charge in [-0.15, -0.1) is 0 Å². The lowest BCUT2D eigenvalue weighted by atomic mass is 10.1. The number of aromatic nitrogens is 3. The van der Waals surface area contributed by atoms with Crippen molar-refractivity contribution in [1.29, 1.82) is 0 Å². The second-order valence-corrected chi connectivity index (χ2v) is 5.86. The first-order valence-electron chi connectivity index (χ1n) is 7.14. The molecule has 3 aromatic rings. The van der Waals surface area contributed by atoms with Gasteiger partial charge in [-0.2, -0.15) is 0 Å². The van der Waals surface area contributed by atoms with Gasteiger partial charge in [-0.3, -0.25) is 9.89 Å². The largest absolute Gasteiger partial charge is 0.295 e. The summed E-state index contributed by atoms with van der Waals surface area (Å²) in [6, 6.07) is 10.2. The quantitative estimate of drug-likeness (QED) is 0.591. The van der Waals surface area contributed by atoms with Gasteiger partial charge < -0.3 is 0 Å². The van der Waals surface area contributed by atoms with E-state index in [1.54, 1.807) is 11.4 Å². The van der Waals surface area contributed by atoms with Crippen LogP contribution in [0.15, 0.2) is 30.3 Å². The highest BCUT2D eigenvalue weighted by molar-refractivity contribution is 7.71. The van der Waals surface area contributed by atoms with E-state index in [1.165, 1.54) is 5.56 Å². The summed E-state index contributed by atoms with van der Waals surface area (Å²) in [7, 11) is 0. The standard InChI is InChI=1S/C17H17N3OS/c1-10-14(9-13-7-5-4-6-8-13)17(22)20-16(18-10)15(12(3)21)11(2)19-20/h4-8,19H,9H2,1-3H3. The molecular weight excluding hydrogens is 294 g/mol. The highest BCUT2D eigenvalue weighted by Gasteiger charge is 2.17. The molecule has 2 aromatic heterocycles. The Balaban J connectivity index is 2.22. The van der Waals surface area contributed by atoms with Crippen molar-refractivity contribution in [2.75, 3.05) is 0 Å². The molecule has 2 heterocycles. The molecule has 0 aliphatic carbocycles. The van der Waals surface area contributed by atoms with E-state index < -0.39 is 0 Å². The number of carbonyl (C=O) groups is 1. The van der Waals surface area contributed by atoms with Crippen LogP contribution in [0.5, 0.6) is 0 Å². The summed E-state index contributed by atoms with van der Waals surface area (Å²) in [5, 5.41) is 3.16. The lowest BCUT2D eigenvalue weighted by Gasteiger charge is -2.08. The number of Topliss-reactive ketones (excluding diaryl/α,β-unsaturated/α-hetero) is 1. The molecule has 1 aromatic carbocycles. The molecule has 22 heavy (non-hydrogen) atoms. The van der Waals surface area contributed by atoms with E-state index in [9.17, 15) is 4.79 Å². The predicted molar refractivity (Wildman–Crippen MR) is 89.1 cm³/mol. The zero-order valence-electron chi connectivity index (χ0n) is 12.8. The van der Waals surface area contributed by atoms with Gasteiger partial charge in [0, 0.05) is 23.4 Å². The van der Waals surface area contributed by atoms with Gasteiger partial charge in [-0.25, -0.2) is 9.50 Å². The molecule has 0 aliphatic heterocycles. The Kier molecular flexibility index (Phi) is 3.66. The molecule has 0 aliphatic rings. The molecule has 1 N–H and O–H groups in total. The molecule has 0 saturated heterocycles. The number of benzene rings is 1. The first-order valence-corrected chi connectivity index (χ1v) is 7.55. The van der Waals surface area contributed by atoms with Gasteiger partial charge in [0.1, 0.15) is 4.64 Å². The minimum absolute atomic E-state index is 0.00615. The smallest absolute Gasteiger partial charge is 0.165 e. The molecule has 4 nitrogen and oxygen atoms in total. The van der Waals surface area contributed by atoms with E-state index in [-0.39, 0.29) is 5.78 Å². The lowest BCUT2D eigenvalue weighted by molar-refractivity contribution is 0.101. The molecule has 0 radical (unpaired) electrons. The zero-order chi connectivity index (χ0) is 15.9. The number of aryl methyl sites for hydroxylation is 2. The minimum Gasteiger partial charge on any atom is -0.295 e. The van der Waals surface area contributed by atoms with Gasteiger partial charge in [0.25, 0.3) is 0 Å². The van der Waals surface area contributed by atoms with E-state index in [4.69, 9.17) is 12.2 Å². The van der Waals surface area contributed by atoms with Crippen molar-refractivity contribution in [3.8, 4) is 0 Å².